The summed E-state index contributed by atoms with van der Waals surface area (Å²) in [5, 5.41) is 0. The fourth-order valence-electron chi connectivity index (χ4n) is 10.8. The largest absolute Gasteiger partial charge is 0.349 e. The Balaban J connectivity index is 0.000000361. The predicted octanol–water partition coefficient (Wildman–Crippen LogP) is 21.0. The highest BCUT2D eigenvalue weighted by molar-refractivity contribution is 5.23. The molecule has 0 N–H and O–H groups in total. The van der Waals surface area contributed by atoms with E-state index < -0.39 is 5.67 Å². The fraction of sp³-hybridized carbons (Fsp3) is 0.671. The van der Waals surface area contributed by atoms with Gasteiger partial charge in [-0.25, -0.2) is 18.7 Å². The summed E-state index contributed by atoms with van der Waals surface area (Å²) in [4.78, 5) is 28.1. The third-order valence-corrected chi connectivity index (χ3v) is 17.1. The highest BCUT2D eigenvalue weighted by atomic mass is 19.1. The van der Waals surface area contributed by atoms with Gasteiger partial charge in [0.25, 0.3) is 0 Å². The number of likely N-dealkylation sites (tertiary alicyclic amines) is 3. The first-order valence-corrected chi connectivity index (χ1v) is 35.2. The van der Waals surface area contributed by atoms with Crippen molar-refractivity contribution in [1.29, 1.82) is 0 Å². The van der Waals surface area contributed by atoms with Crippen LogP contribution in [0.15, 0.2) is 122 Å². The summed E-state index contributed by atoms with van der Waals surface area (Å²) in [6, 6.07) is 24.4. The molecule has 6 aromatic heterocycles. The molecule has 0 unspecified atom stereocenters. The van der Waals surface area contributed by atoms with Crippen LogP contribution >= 0.6 is 0 Å². The Hall–Kier alpha value is -5.17. The van der Waals surface area contributed by atoms with Gasteiger partial charge in [0, 0.05) is 131 Å². The van der Waals surface area contributed by atoms with E-state index in [-0.39, 0.29) is 44.1 Å². The smallest absolute Gasteiger partial charge is 0.145 e. The van der Waals surface area contributed by atoms with Gasteiger partial charge in [0.2, 0.25) is 0 Å². The van der Waals surface area contributed by atoms with Crippen LogP contribution in [0, 0.1) is 36.9 Å². The van der Waals surface area contributed by atoms with Gasteiger partial charge in [-0.15, -0.1) is 0 Å². The molecule has 1 atom stereocenters. The molecule has 9 heterocycles. The number of hydrogen-bond donors (Lipinski definition) is 0. The molecular formula is C82H138F2N10. The first-order chi connectivity index (χ1) is 42.7. The minimum atomic E-state index is -0.923. The molecule has 6 aromatic rings. The number of halogens is 2. The van der Waals surface area contributed by atoms with Crippen LogP contribution < -0.4 is 0 Å². The number of rotatable bonds is 1. The van der Waals surface area contributed by atoms with Crippen LogP contribution in [-0.4, -0.2) is 111 Å². The number of hydrogen-bond acceptors (Lipinski definition) is 8. The zero-order chi connectivity index (χ0) is 72.1. The lowest BCUT2D eigenvalue weighted by Gasteiger charge is -2.49. The van der Waals surface area contributed by atoms with Crippen molar-refractivity contribution in [3.8, 4) is 0 Å². The van der Waals surface area contributed by atoms with E-state index in [0.29, 0.717) is 29.7 Å². The maximum atomic E-state index is 13.0. The van der Waals surface area contributed by atoms with Crippen molar-refractivity contribution in [2.75, 3.05) is 39.3 Å². The highest BCUT2D eigenvalue weighted by Crippen LogP contribution is 2.38. The normalized spacial score (nSPS) is 17.4. The average molecular weight is 1300 g/mol. The van der Waals surface area contributed by atoms with Crippen LogP contribution in [0.2, 0.25) is 0 Å². The van der Waals surface area contributed by atoms with Crippen LogP contribution in [0.4, 0.5) is 8.78 Å². The molecular weight excluding hydrogens is 1160 g/mol. The van der Waals surface area contributed by atoms with Gasteiger partial charge in [-0.3, -0.25) is 24.8 Å². The molecule has 0 bridgehead atoms. The maximum absolute atomic E-state index is 13.0. The second-order valence-corrected chi connectivity index (χ2v) is 36.1. The number of aryl methyl sites for hydroxylation is 2. The van der Waals surface area contributed by atoms with Gasteiger partial charge in [-0.2, -0.15) is 0 Å². The summed E-state index contributed by atoms with van der Waals surface area (Å²) in [6.45, 7) is 73.5. The topological polar surface area (TPSA) is 84.0 Å². The van der Waals surface area contributed by atoms with Gasteiger partial charge in [0.15, 0.2) is 0 Å². The molecule has 0 radical (unpaired) electrons. The number of aromatic nitrogens is 7. The van der Waals surface area contributed by atoms with Crippen LogP contribution in [-0.2, 0) is 32.7 Å². The molecule has 4 fully saturated rings. The van der Waals surface area contributed by atoms with E-state index in [9.17, 15) is 8.78 Å². The average Bonchev–Trinajstić information content (AvgIpc) is 0.968. The van der Waals surface area contributed by atoms with Crippen molar-refractivity contribution in [3.05, 3.63) is 162 Å². The van der Waals surface area contributed by atoms with Gasteiger partial charge < -0.3 is 14.0 Å². The van der Waals surface area contributed by atoms with E-state index in [1.807, 2.05) is 70.4 Å². The summed E-state index contributed by atoms with van der Waals surface area (Å²) in [5.74, 6) is 2.55. The first kappa shape index (κ1) is 84.9. The molecule has 0 amide bonds. The summed E-state index contributed by atoms with van der Waals surface area (Å²) in [5.41, 5.74) is 6.36. The van der Waals surface area contributed by atoms with Gasteiger partial charge in [0.05, 0.1) is 5.69 Å². The van der Waals surface area contributed by atoms with E-state index in [4.69, 9.17) is 0 Å². The van der Waals surface area contributed by atoms with Crippen molar-refractivity contribution in [2.24, 2.45) is 17.3 Å². The lowest BCUT2D eigenvalue weighted by atomic mass is 9.75. The molecule has 1 aliphatic carbocycles. The van der Waals surface area contributed by atoms with Gasteiger partial charge in [0.1, 0.15) is 17.3 Å². The standard InChI is InChI=1S/C12H23N.C10H15N.C9H12FN.C9H19N.C9H15N.C9H13N.C8H16FN.C8H12N2.C8H13N/c1-12(2,3)10-6-8-13(9-7-10)11-4-5-11;1-8-7-9(5-6-11-8)10(2,3)4;1-9(2,3)8-7(10)5-4-6-11-8;1-8-5-6-10(7-8)9(2,3)4;1-8-6-5-7-10(8)9(2,3)4;1-9(2,3)8-6-4-5-7-10-8;1-7(2,3)10-5-8(4,9)6-10;1-8(2,3)7-9-5-4-6-10-7;1-8(2,3)9-6-4-5-7-9/h10-11H,4-9H2,1-3H3;5-7H,1-4H3;4-6H,1-3H3;8H,5-7H2,1-4H3;5-7H,1-4H3;4-7H,1-3H3;5-6H2,1-4H3;4-6H,1-3H3;4-7H,1-3H3/t;;;8-;;;;;/m...1...../s1. The van der Waals surface area contributed by atoms with Gasteiger partial charge >= 0.3 is 0 Å². The summed E-state index contributed by atoms with van der Waals surface area (Å²) < 4.78 is 30.4. The molecule has 12 heteroatoms. The van der Waals surface area contributed by atoms with Crippen molar-refractivity contribution in [1.82, 2.24) is 48.8 Å². The molecule has 10 rings (SSSR count). The zero-order valence-electron chi connectivity index (χ0n) is 65.8. The molecule has 3 aliphatic heterocycles. The van der Waals surface area contributed by atoms with E-state index in [1.54, 1.807) is 31.6 Å². The van der Waals surface area contributed by atoms with E-state index in [0.717, 1.165) is 35.1 Å². The second kappa shape index (κ2) is 35.9. The number of nitrogens with zero attached hydrogens (tertiary/aromatic N) is 10. The summed E-state index contributed by atoms with van der Waals surface area (Å²) >= 11 is 0. The zero-order valence-corrected chi connectivity index (χ0v) is 65.8. The quantitative estimate of drug-likeness (QED) is 0.161. The molecule has 4 aliphatic rings. The Kier molecular flexibility index (Phi) is 32.4. The molecule has 0 aromatic carbocycles. The lowest BCUT2D eigenvalue weighted by Crippen LogP contribution is -2.63. The molecule has 3 saturated heterocycles. The second-order valence-electron chi connectivity index (χ2n) is 36.1. The number of alkyl halides is 1. The van der Waals surface area contributed by atoms with Crippen LogP contribution in [0.5, 0.6) is 0 Å². The Bertz CT molecular complexity index is 2920. The molecule has 94 heavy (non-hydrogen) atoms. The van der Waals surface area contributed by atoms with E-state index in [2.05, 4.69) is 278 Å². The Morgan fingerprint density at radius 3 is 1.28 bits per heavy atom. The van der Waals surface area contributed by atoms with Crippen molar-refractivity contribution in [2.45, 2.75) is 302 Å². The van der Waals surface area contributed by atoms with Gasteiger partial charge in [-0.1, -0.05) is 117 Å². The highest BCUT2D eigenvalue weighted by Gasteiger charge is 2.43. The Morgan fingerprint density at radius 2 is 1.00 bits per heavy atom. The monoisotopic (exact) mass is 1300 g/mol. The van der Waals surface area contributed by atoms with E-state index in [1.165, 1.54) is 75.6 Å². The molecule has 0 spiro atoms. The Labute approximate surface area is 575 Å². The number of piperidine rings is 1. The minimum absolute atomic E-state index is 0.0707. The molecule has 1 saturated carbocycles. The van der Waals surface area contributed by atoms with Crippen LogP contribution in [0.3, 0.4) is 0 Å². The minimum Gasteiger partial charge on any atom is -0.349 e. The van der Waals surface area contributed by atoms with Crippen molar-refractivity contribution >= 4 is 0 Å². The van der Waals surface area contributed by atoms with Crippen LogP contribution in [0.25, 0.3) is 0 Å². The van der Waals surface area contributed by atoms with Crippen molar-refractivity contribution in [3.63, 3.8) is 0 Å². The first-order valence-electron chi connectivity index (χ1n) is 35.2. The molecule has 530 valence electrons. The van der Waals surface area contributed by atoms with E-state index >= 15 is 0 Å². The fourth-order valence-corrected chi connectivity index (χ4v) is 10.8. The SMILES string of the molecule is CC(C)(C)C1CCN(C2CC2)CC1.CC(C)(C)c1ccccn1.CC(C)(C)c1ncccc1F.CC(C)(C)c1ncccn1.CC(C)(C)n1cccc1.CC1(F)CN(C(C)(C)C)C1.C[C@@H]1CCN(C(C)(C)C)C1.Cc1cc(C(C)(C)C)ccn1.Cc1cccn1C(C)(C)C. The summed E-state index contributed by atoms with van der Waals surface area (Å²) in [6.07, 6.45) is 22.3. The Morgan fingerprint density at radius 1 is 0.468 bits per heavy atom. The van der Waals surface area contributed by atoms with Crippen molar-refractivity contribution < 1.29 is 8.78 Å². The molecule has 10 nitrogen and oxygen atoms in total. The third kappa shape index (κ3) is 33.2. The predicted molar refractivity (Wildman–Crippen MR) is 401 cm³/mol. The van der Waals surface area contributed by atoms with Gasteiger partial charge in [-0.05, 0) is 251 Å². The number of pyridine rings is 3. The third-order valence-electron chi connectivity index (χ3n) is 17.1. The van der Waals surface area contributed by atoms with Crippen LogP contribution in [0.1, 0.15) is 267 Å². The maximum Gasteiger partial charge on any atom is 0.145 e. The summed E-state index contributed by atoms with van der Waals surface area (Å²) in [7, 11) is 0. The lowest BCUT2D eigenvalue weighted by molar-refractivity contribution is -0.0681.